The fraction of sp³-hybridized carbons (Fsp3) is 0.714. The summed E-state index contributed by atoms with van der Waals surface area (Å²) < 4.78 is 30.4. The Balaban J connectivity index is 1.46. The highest BCUT2D eigenvalue weighted by molar-refractivity contribution is 7.84. The molecule has 1 aromatic rings. The van der Waals surface area contributed by atoms with Gasteiger partial charge in [-0.05, 0) is 90.4 Å². The molecule has 4 aliphatic rings. The molecule has 6 heteroatoms. The molecule has 0 heterocycles. The normalized spacial score (nSPS) is 42.1. The smallest absolute Gasteiger partial charge is 0.384 e. The first-order valence-corrected chi connectivity index (χ1v) is 11.5. The third-order valence-corrected chi connectivity index (χ3v) is 9.77. The third kappa shape index (κ3) is 2.26. The van der Waals surface area contributed by atoms with Gasteiger partial charge in [-0.3, -0.25) is 0 Å². The predicted molar refractivity (Wildman–Crippen MR) is 103 cm³/mol. The fourth-order valence-electron chi connectivity index (χ4n) is 7.02. The van der Waals surface area contributed by atoms with Crippen LogP contribution in [0.3, 0.4) is 0 Å². The molecule has 0 radical (unpaired) electrons. The molecule has 0 aromatic heterocycles. The minimum Gasteiger partial charge on any atom is -0.393 e. The summed E-state index contributed by atoms with van der Waals surface area (Å²) in [4.78, 5) is 0. The average molecular weight is 392 g/mol. The van der Waals surface area contributed by atoms with E-state index in [2.05, 4.69) is 13.0 Å². The van der Waals surface area contributed by atoms with Crippen LogP contribution in [0.1, 0.15) is 56.1 Å². The maximum atomic E-state index is 12.0. The molecule has 1 N–H and O–H groups in total. The molecular weight excluding hydrogens is 362 g/mol. The van der Waals surface area contributed by atoms with E-state index in [1.807, 2.05) is 12.1 Å². The molecule has 1 spiro atoms. The number of aryl methyl sites for hydroxylation is 1. The standard InChI is InChI=1S/C21H29NO4S/c1-20-9-8-17-16-6-5-15(26-27(24,25)22(2)3)10-13(16)4-7-18(17)21(20)12-14(21)11-19(20)23/h5-6,10,14,17-19,23H,4,7-9,11-12H2,1-3H3/t14-,17-,18-,19+,20-,21+/m1/s1. The molecule has 27 heavy (non-hydrogen) atoms. The van der Waals surface area contributed by atoms with Crippen LogP contribution in [0, 0.1) is 22.7 Å². The lowest BCUT2D eigenvalue weighted by molar-refractivity contribution is -0.0558. The molecule has 3 saturated carbocycles. The van der Waals surface area contributed by atoms with Gasteiger partial charge in [-0.2, -0.15) is 12.7 Å². The second-order valence-electron chi connectivity index (χ2n) is 9.58. The number of hydrogen-bond donors (Lipinski definition) is 1. The zero-order valence-corrected chi connectivity index (χ0v) is 17.1. The lowest BCUT2D eigenvalue weighted by Gasteiger charge is -2.52. The Labute approximate surface area is 162 Å². The summed E-state index contributed by atoms with van der Waals surface area (Å²) in [7, 11) is -0.783. The molecule has 0 amide bonds. The van der Waals surface area contributed by atoms with E-state index in [-0.39, 0.29) is 11.5 Å². The molecule has 148 valence electrons. The van der Waals surface area contributed by atoms with Crippen LogP contribution in [0.15, 0.2) is 18.2 Å². The monoisotopic (exact) mass is 391 g/mol. The summed E-state index contributed by atoms with van der Waals surface area (Å²) in [5, 5.41) is 10.7. The molecule has 5 rings (SSSR count). The van der Waals surface area contributed by atoms with Gasteiger partial charge in [0.05, 0.1) is 6.10 Å². The summed E-state index contributed by atoms with van der Waals surface area (Å²) >= 11 is 0. The van der Waals surface area contributed by atoms with Crippen LogP contribution in [0.2, 0.25) is 0 Å². The molecule has 3 fully saturated rings. The van der Waals surface area contributed by atoms with E-state index in [1.54, 1.807) is 0 Å². The minimum atomic E-state index is -3.72. The van der Waals surface area contributed by atoms with Gasteiger partial charge in [0.25, 0.3) is 0 Å². The molecule has 0 unspecified atom stereocenters. The van der Waals surface area contributed by atoms with E-state index < -0.39 is 10.3 Å². The molecule has 6 atom stereocenters. The highest BCUT2D eigenvalue weighted by Gasteiger charge is 2.76. The van der Waals surface area contributed by atoms with Crippen molar-refractivity contribution in [1.82, 2.24) is 4.31 Å². The van der Waals surface area contributed by atoms with Gasteiger partial charge in [0.15, 0.2) is 0 Å². The van der Waals surface area contributed by atoms with Crippen LogP contribution in [-0.4, -0.2) is 38.0 Å². The first-order valence-electron chi connectivity index (χ1n) is 10.1. The molecule has 4 aliphatic carbocycles. The number of hydrogen-bond acceptors (Lipinski definition) is 4. The van der Waals surface area contributed by atoms with Gasteiger partial charge in [-0.25, -0.2) is 0 Å². The van der Waals surface area contributed by atoms with E-state index in [0.29, 0.717) is 28.9 Å². The Morgan fingerprint density at radius 2 is 2.04 bits per heavy atom. The summed E-state index contributed by atoms with van der Waals surface area (Å²) in [5.41, 5.74) is 3.05. The van der Waals surface area contributed by atoms with Crippen molar-refractivity contribution in [2.75, 3.05) is 14.1 Å². The van der Waals surface area contributed by atoms with E-state index in [9.17, 15) is 13.5 Å². The van der Waals surface area contributed by atoms with Crippen LogP contribution < -0.4 is 4.18 Å². The van der Waals surface area contributed by atoms with Gasteiger partial charge in [-0.1, -0.05) is 13.0 Å². The van der Waals surface area contributed by atoms with E-state index >= 15 is 0 Å². The largest absolute Gasteiger partial charge is 0.393 e. The van der Waals surface area contributed by atoms with Gasteiger partial charge < -0.3 is 9.29 Å². The Bertz CT molecular complexity index is 897. The van der Waals surface area contributed by atoms with Gasteiger partial charge >= 0.3 is 10.3 Å². The number of rotatable bonds is 3. The number of nitrogens with zero attached hydrogens (tertiary/aromatic N) is 1. The molecule has 0 aliphatic heterocycles. The minimum absolute atomic E-state index is 0.0964. The van der Waals surface area contributed by atoms with Crippen molar-refractivity contribution in [3.8, 4) is 5.75 Å². The number of benzene rings is 1. The Kier molecular flexibility index (Phi) is 3.65. The van der Waals surface area contributed by atoms with Gasteiger partial charge in [-0.15, -0.1) is 0 Å². The summed E-state index contributed by atoms with van der Waals surface area (Å²) in [6, 6.07) is 5.82. The van der Waals surface area contributed by atoms with E-state index in [4.69, 9.17) is 4.18 Å². The Hall–Kier alpha value is -1.11. The topological polar surface area (TPSA) is 66.8 Å². The maximum Gasteiger partial charge on any atom is 0.384 e. The quantitative estimate of drug-likeness (QED) is 0.860. The molecule has 5 nitrogen and oxygen atoms in total. The van der Waals surface area contributed by atoms with Crippen LogP contribution in [0.25, 0.3) is 0 Å². The SMILES string of the molecule is CN(C)S(=O)(=O)Oc1ccc2c(c1)CC[C@@H]1[C@@H]2CC[C@]2(C)[C@@H](O)C[C@@H]3C[C@]312. The van der Waals surface area contributed by atoms with Gasteiger partial charge in [0, 0.05) is 14.1 Å². The van der Waals surface area contributed by atoms with Crippen molar-refractivity contribution < 1.29 is 17.7 Å². The van der Waals surface area contributed by atoms with E-state index in [0.717, 1.165) is 36.4 Å². The fourth-order valence-corrected chi connectivity index (χ4v) is 7.52. The first kappa shape index (κ1) is 18.0. The molecule has 0 bridgehead atoms. The zero-order valence-electron chi connectivity index (χ0n) is 16.3. The van der Waals surface area contributed by atoms with Crippen LogP contribution in [0.4, 0.5) is 0 Å². The summed E-state index contributed by atoms with van der Waals surface area (Å²) in [6.07, 6.45) is 6.47. The Morgan fingerprint density at radius 1 is 1.26 bits per heavy atom. The second-order valence-corrected chi connectivity index (χ2v) is 11.3. The lowest BCUT2D eigenvalue weighted by atomic mass is 9.52. The van der Waals surface area contributed by atoms with Crippen LogP contribution >= 0.6 is 0 Å². The van der Waals surface area contributed by atoms with Crippen molar-refractivity contribution in [3.63, 3.8) is 0 Å². The van der Waals surface area contributed by atoms with Crippen molar-refractivity contribution in [2.24, 2.45) is 22.7 Å². The summed E-state index contributed by atoms with van der Waals surface area (Å²) in [6.45, 7) is 2.33. The van der Waals surface area contributed by atoms with Crippen LogP contribution in [0.5, 0.6) is 5.75 Å². The maximum absolute atomic E-state index is 12.0. The third-order valence-electron chi connectivity index (χ3n) is 8.47. The van der Waals surface area contributed by atoms with Crippen molar-refractivity contribution in [1.29, 1.82) is 0 Å². The van der Waals surface area contributed by atoms with Crippen molar-refractivity contribution in [3.05, 3.63) is 29.3 Å². The number of aliphatic hydroxyl groups is 1. The zero-order chi connectivity index (χ0) is 19.2. The van der Waals surface area contributed by atoms with Gasteiger partial charge in [0.1, 0.15) is 5.75 Å². The highest BCUT2D eigenvalue weighted by Crippen LogP contribution is 2.81. The van der Waals surface area contributed by atoms with Gasteiger partial charge in [0.2, 0.25) is 0 Å². The van der Waals surface area contributed by atoms with E-state index in [1.165, 1.54) is 31.6 Å². The number of fused-ring (bicyclic) bond motifs is 3. The molecule has 0 saturated heterocycles. The van der Waals surface area contributed by atoms with Crippen molar-refractivity contribution >= 4 is 10.3 Å². The molecule has 1 aromatic carbocycles. The van der Waals surface area contributed by atoms with Crippen molar-refractivity contribution in [2.45, 2.75) is 57.5 Å². The molecular formula is C21H29NO4S. The van der Waals surface area contributed by atoms with Crippen LogP contribution in [-0.2, 0) is 16.7 Å². The predicted octanol–water partition coefficient (Wildman–Crippen LogP) is 3.09. The summed E-state index contributed by atoms with van der Waals surface area (Å²) in [5.74, 6) is 2.31. The second kappa shape index (κ2) is 5.49. The highest BCUT2D eigenvalue weighted by atomic mass is 32.2. The average Bonchev–Trinajstić information content (AvgIpc) is 3.26. The Morgan fingerprint density at radius 3 is 2.78 bits per heavy atom. The number of aliphatic hydroxyl groups excluding tert-OH is 1. The lowest BCUT2D eigenvalue weighted by Crippen LogP contribution is -2.47. The first-order chi connectivity index (χ1) is 12.7.